The minimum absolute atomic E-state index is 0.275. The van der Waals surface area contributed by atoms with Crippen LogP contribution in [0.1, 0.15) is 17.3 Å². The average molecular weight is 395 g/mol. The SMILES string of the molecule is CCN(NC(=O)OC)C(=O)c1cc(Br)cc(Br)c1N. The van der Waals surface area contributed by atoms with Gasteiger partial charge in [-0.05, 0) is 35.0 Å². The fourth-order valence-electron chi connectivity index (χ4n) is 1.34. The summed E-state index contributed by atoms with van der Waals surface area (Å²) in [6.45, 7) is 1.99. The lowest BCUT2D eigenvalue weighted by Gasteiger charge is -2.21. The van der Waals surface area contributed by atoms with Crippen molar-refractivity contribution in [2.75, 3.05) is 19.4 Å². The van der Waals surface area contributed by atoms with Crippen LogP contribution in [-0.2, 0) is 4.74 Å². The minimum Gasteiger partial charge on any atom is -0.452 e. The Morgan fingerprint density at radius 1 is 1.42 bits per heavy atom. The normalized spacial score (nSPS) is 9.89. The van der Waals surface area contributed by atoms with Gasteiger partial charge in [-0.2, -0.15) is 0 Å². The first-order valence-electron chi connectivity index (χ1n) is 5.31. The van der Waals surface area contributed by atoms with Crippen molar-refractivity contribution in [3.63, 3.8) is 0 Å². The van der Waals surface area contributed by atoms with E-state index in [0.717, 1.165) is 5.01 Å². The highest BCUT2D eigenvalue weighted by Gasteiger charge is 2.20. The molecule has 0 spiro atoms. The molecule has 3 N–H and O–H groups in total. The molecule has 0 unspecified atom stereocenters. The van der Waals surface area contributed by atoms with Crippen molar-refractivity contribution in [1.29, 1.82) is 0 Å². The number of nitrogens with zero attached hydrogens (tertiary/aromatic N) is 1. The van der Waals surface area contributed by atoms with E-state index >= 15 is 0 Å². The second kappa shape index (κ2) is 6.76. The fraction of sp³-hybridized carbons (Fsp3) is 0.273. The first-order valence-corrected chi connectivity index (χ1v) is 6.90. The molecule has 0 radical (unpaired) electrons. The number of hydrazine groups is 1. The fourth-order valence-corrected chi connectivity index (χ4v) is 2.56. The van der Waals surface area contributed by atoms with Crippen molar-refractivity contribution < 1.29 is 14.3 Å². The Kier molecular flexibility index (Phi) is 5.61. The summed E-state index contributed by atoms with van der Waals surface area (Å²) in [7, 11) is 1.22. The largest absolute Gasteiger partial charge is 0.452 e. The van der Waals surface area contributed by atoms with Gasteiger partial charge in [-0.15, -0.1) is 0 Å². The number of rotatable bonds is 2. The summed E-state index contributed by atoms with van der Waals surface area (Å²) in [5.41, 5.74) is 8.75. The summed E-state index contributed by atoms with van der Waals surface area (Å²) in [6, 6.07) is 3.32. The third kappa shape index (κ3) is 3.84. The van der Waals surface area contributed by atoms with Crippen molar-refractivity contribution in [3.8, 4) is 0 Å². The summed E-state index contributed by atoms with van der Waals surface area (Å²) in [6.07, 6.45) is -0.720. The van der Waals surface area contributed by atoms with Crippen molar-refractivity contribution in [2.45, 2.75) is 6.92 Å². The van der Waals surface area contributed by atoms with E-state index in [9.17, 15) is 9.59 Å². The monoisotopic (exact) mass is 393 g/mol. The number of nitrogen functional groups attached to an aromatic ring is 1. The molecule has 8 heteroatoms. The molecule has 0 saturated heterocycles. The van der Waals surface area contributed by atoms with Crippen LogP contribution >= 0.6 is 31.9 Å². The van der Waals surface area contributed by atoms with Crippen LogP contribution < -0.4 is 11.2 Å². The zero-order chi connectivity index (χ0) is 14.6. The lowest BCUT2D eigenvalue weighted by atomic mass is 10.1. The Hall–Kier alpha value is -1.28. The van der Waals surface area contributed by atoms with E-state index in [4.69, 9.17) is 5.73 Å². The number of benzene rings is 1. The number of anilines is 1. The van der Waals surface area contributed by atoms with Crippen molar-refractivity contribution in [2.24, 2.45) is 0 Å². The van der Waals surface area contributed by atoms with Gasteiger partial charge in [-0.3, -0.25) is 4.79 Å². The number of nitrogens with two attached hydrogens (primary N) is 1. The van der Waals surface area contributed by atoms with Gasteiger partial charge < -0.3 is 10.5 Å². The molecule has 0 aliphatic heterocycles. The highest BCUT2D eigenvalue weighted by Crippen LogP contribution is 2.28. The number of carbonyl (C=O) groups is 2. The Morgan fingerprint density at radius 2 is 2.05 bits per heavy atom. The molecule has 1 aromatic carbocycles. The summed E-state index contributed by atoms with van der Waals surface area (Å²) in [4.78, 5) is 23.4. The van der Waals surface area contributed by atoms with Crippen molar-refractivity contribution in [1.82, 2.24) is 10.4 Å². The van der Waals surface area contributed by atoms with Gasteiger partial charge in [0.15, 0.2) is 0 Å². The summed E-state index contributed by atoms with van der Waals surface area (Å²) in [5, 5.41) is 1.12. The molecule has 0 atom stereocenters. The molecule has 19 heavy (non-hydrogen) atoms. The maximum atomic E-state index is 12.3. The van der Waals surface area contributed by atoms with E-state index in [2.05, 4.69) is 42.0 Å². The number of nitrogens with one attached hydrogen (secondary N) is 1. The molecule has 6 nitrogen and oxygen atoms in total. The molecule has 104 valence electrons. The Labute approximate surface area is 127 Å². The second-order valence-corrected chi connectivity index (χ2v) is 5.27. The predicted molar refractivity (Wildman–Crippen MR) is 78.5 cm³/mol. The third-order valence-electron chi connectivity index (χ3n) is 2.30. The van der Waals surface area contributed by atoms with Gasteiger partial charge in [-0.25, -0.2) is 15.2 Å². The number of methoxy groups -OCH3 is 1. The van der Waals surface area contributed by atoms with Crippen LogP contribution in [0.5, 0.6) is 0 Å². The summed E-state index contributed by atoms with van der Waals surface area (Å²) >= 11 is 6.55. The molecule has 1 aromatic rings. The van der Waals surface area contributed by atoms with E-state index in [0.29, 0.717) is 14.6 Å². The van der Waals surface area contributed by atoms with Crippen LogP contribution in [0.15, 0.2) is 21.1 Å². The quantitative estimate of drug-likeness (QED) is 0.596. The van der Waals surface area contributed by atoms with Crippen LogP contribution in [0.25, 0.3) is 0 Å². The molecule has 0 saturated carbocycles. The molecule has 0 heterocycles. The number of ether oxygens (including phenoxy) is 1. The predicted octanol–water partition coefficient (Wildman–Crippen LogP) is 2.53. The van der Waals surface area contributed by atoms with Gasteiger partial charge in [0.25, 0.3) is 5.91 Å². The van der Waals surface area contributed by atoms with E-state index in [-0.39, 0.29) is 12.1 Å². The van der Waals surface area contributed by atoms with E-state index in [1.807, 2.05) is 0 Å². The van der Waals surface area contributed by atoms with Crippen LogP contribution in [0.2, 0.25) is 0 Å². The highest BCUT2D eigenvalue weighted by atomic mass is 79.9. The topological polar surface area (TPSA) is 84.7 Å². The first kappa shape index (κ1) is 15.8. The Bertz CT molecular complexity index is 508. The van der Waals surface area contributed by atoms with E-state index in [1.165, 1.54) is 7.11 Å². The van der Waals surface area contributed by atoms with Crippen molar-refractivity contribution >= 4 is 49.5 Å². The second-order valence-electron chi connectivity index (χ2n) is 3.50. The van der Waals surface area contributed by atoms with Gasteiger partial charge in [0.05, 0.1) is 18.4 Å². The molecule has 0 aliphatic carbocycles. The molecular weight excluding hydrogens is 382 g/mol. The number of amides is 2. The lowest BCUT2D eigenvalue weighted by molar-refractivity contribution is 0.0644. The maximum absolute atomic E-state index is 12.3. The Morgan fingerprint density at radius 3 is 2.58 bits per heavy atom. The maximum Gasteiger partial charge on any atom is 0.425 e. The zero-order valence-electron chi connectivity index (χ0n) is 10.4. The van der Waals surface area contributed by atoms with E-state index < -0.39 is 12.0 Å². The number of halogens is 2. The molecule has 0 aromatic heterocycles. The number of hydrogen-bond donors (Lipinski definition) is 2. The molecule has 2 amide bonds. The van der Waals surface area contributed by atoms with Gasteiger partial charge >= 0.3 is 6.09 Å². The molecular formula is C11H13Br2N3O3. The summed E-state index contributed by atoms with van der Waals surface area (Å²) in [5.74, 6) is -0.424. The molecule has 0 fully saturated rings. The lowest BCUT2D eigenvalue weighted by Crippen LogP contribution is -2.46. The average Bonchev–Trinajstić information content (AvgIpc) is 2.38. The number of hydrogen-bond acceptors (Lipinski definition) is 4. The first-order chi connectivity index (χ1) is 8.90. The highest BCUT2D eigenvalue weighted by molar-refractivity contribution is 9.11. The van der Waals surface area contributed by atoms with Gasteiger partial charge in [0, 0.05) is 15.5 Å². The van der Waals surface area contributed by atoms with Crippen molar-refractivity contribution in [3.05, 3.63) is 26.6 Å². The molecule has 0 bridgehead atoms. The smallest absolute Gasteiger partial charge is 0.425 e. The third-order valence-corrected chi connectivity index (χ3v) is 3.41. The molecule has 1 rings (SSSR count). The van der Waals surface area contributed by atoms with Crippen LogP contribution in [-0.4, -0.2) is 30.7 Å². The standard InChI is InChI=1S/C11H13Br2N3O3/c1-3-16(15-11(18)19-2)10(17)7-4-6(12)5-8(13)9(7)14/h4-5H,3,14H2,1-2H3,(H,15,18). The van der Waals surface area contributed by atoms with Crippen LogP contribution in [0.3, 0.4) is 0 Å². The minimum atomic E-state index is -0.720. The van der Waals surface area contributed by atoms with Gasteiger partial charge in [0.1, 0.15) is 0 Å². The Balaban J connectivity index is 3.07. The summed E-state index contributed by atoms with van der Waals surface area (Å²) < 4.78 is 5.75. The number of carbonyl (C=O) groups excluding carboxylic acids is 2. The zero-order valence-corrected chi connectivity index (χ0v) is 13.5. The van der Waals surface area contributed by atoms with Gasteiger partial charge in [0.2, 0.25) is 0 Å². The van der Waals surface area contributed by atoms with Crippen LogP contribution in [0.4, 0.5) is 10.5 Å². The molecule has 0 aliphatic rings. The van der Waals surface area contributed by atoms with E-state index in [1.54, 1.807) is 19.1 Å². The van der Waals surface area contributed by atoms with Gasteiger partial charge in [-0.1, -0.05) is 15.9 Å². The van der Waals surface area contributed by atoms with Crippen LogP contribution in [0, 0.1) is 0 Å².